The molecule has 1 unspecified atom stereocenters. The summed E-state index contributed by atoms with van der Waals surface area (Å²) in [5.74, 6) is 0.120. The topological polar surface area (TPSA) is 155 Å². The summed E-state index contributed by atoms with van der Waals surface area (Å²) in [5.41, 5.74) is 2.67. The van der Waals surface area contributed by atoms with Gasteiger partial charge in [-0.25, -0.2) is 32.1 Å². The van der Waals surface area contributed by atoms with E-state index in [4.69, 9.17) is 14.6 Å². The van der Waals surface area contributed by atoms with Crippen molar-refractivity contribution in [1.82, 2.24) is 24.1 Å². The molecule has 3 aliphatic heterocycles. The number of carbonyl (C=O) groups is 1. The van der Waals surface area contributed by atoms with Crippen LogP contribution in [0.5, 0.6) is 0 Å². The maximum atomic E-state index is 13.7. The van der Waals surface area contributed by atoms with E-state index >= 15 is 0 Å². The first-order valence-corrected chi connectivity index (χ1v) is 21.0. The molecule has 3 saturated heterocycles. The zero-order valence-corrected chi connectivity index (χ0v) is 31.2. The molecule has 54 heavy (non-hydrogen) atoms. The number of sulfonamides is 2. The van der Waals surface area contributed by atoms with Crippen LogP contribution >= 0.6 is 0 Å². The second-order valence-corrected chi connectivity index (χ2v) is 17.4. The molecule has 14 nitrogen and oxygen atoms in total. The molecule has 0 spiro atoms. The van der Waals surface area contributed by atoms with Crippen LogP contribution in [0.2, 0.25) is 0 Å². The average Bonchev–Trinajstić information content (AvgIpc) is 3.22. The van der Waals surface area contributed by atoms with Gasteiger partial charge < -0.3 is 14.5 Å². The Hall–Kier alpha value is -4.71. The number of piperazine rings is 2. The zero-order chi connectivity index (χ0) is 37.3. The number of carbonyl (C=O) groups excluding carboxylic acids is 1. The number of nitrogens with one attached hydrogen (secondary N) is 1. The maximum absolute atomic E-state index is 13.7. The van der Waals surface area contributed by atoms with E-state index in [0.29, 0.717) is 37.9 Å². The molecule has 1 aromatic heterocycles. The predicted octanol–water partition coefficient (Wildman–Crippen LogP) is 3.99. The summed E-state index contributed by atoms with van der Waals surface area (Å²) >= 11 is 0. The van der Waals surface area contributed by atoms with Crippen LogP contribution in [-0.4, -0.2) is 107 Å². The Morgan fingerprint density at radius 3 is 1.76 bits per heavy atom. The summed E-state index contributed by atoms with van der Waals surface area (Å²) in [6, 6.07) is 25.5. The molecule has 1 amide bonds. The van der Waals surface area contributed by atoms with Crippen LogP contribution in [0.25, 0.3) is 21.5 Å². The normalized spacial score (nSPS) is 19.3. The fraction of sp³-hybridized carbons (Fsp3) is 0.342. The van der Waals surface area contributed by atoms with Gasteiger partial charge in [-0.05, 0) is 58.7 Å². The predicted molar refractivity (Wildman–Crippen MR) is 204 cm³/mol. The van der Waals surface area contributed by atoms with Gasteiger partial charge in [-0.2, -0.15) is 13.6 Å². The lowest BCUT2D eigenvalue weighted by Gasteiger charge is -2.37. The van der Waals surface area contributed by atoms with Crippen molar-refractivity contribution in [3.8, 4) is 0 Å². The van der Waals surface area contributed by atoms with E-state index in [-0.39, 0.29) is 54.6 Å². The molecule has 5 aromatic rings. The van der Waals surface area contributed by atoms with Gasteiger partial charge in [0.05, 0.1) is 9.79 Å². The minimum Gasteiger partial charge on any atom is -0.353 e. The molecule has 0 bridgehead atoms. The maximum Gasteiger partial charge on any atom is 0.280 e. The number of aromatic nitrogens is 2. The first-order chi connectivity index (χ1) is 26.2. The fourth-order valence-corrected chi connectivity index (χ4v) is 10.0. The van der Waals surface area contributed by atoms with Gasteiger partial charge in [0.25, 0.3) is 5.91 Å². The van der Waals surface area contributed by atoms with Crippen LogP contribution in [0.15, 0.2) is 101 Å². The van der Waals surface area contributed by atoms with Crippen molar-refractivity contribution in [2.75, 3.05) is 68.8 Å². The highest BCUT2D eigenvalue weighted by atomic mass is 32.2. The molecule has 0 saturated carbocycles. The molecular weight excluding hydrogens is 731 g/mol. The van der Waals surface area contributed by atoms with Crippen LogP contribution in [0.3, 0.4) is 0 Å². The van der Waals surface area contributed by atoms with Crippen LogP contribution in [0.4, 0.5) is 11.8 Å². The number of hydroxylamine groups is 1. The first kappa shape index (κ1) is 36.3. The van der Waals surface area contributed by atoms with Crippen LogP contribution < -0.4 is 15.3 Å². The van der Waals surface area contributed by atoms with Gasteiger partial charge in [0.1, 0.15) is 11.4 Å². The Balaban J connectivity index is 0.996. The minimum absolute atomic E-state index is 0.165. The van der Waals surface area contributed by atoms with Crippen molar-refractivity contribution in [3.63, 3.8) is 0 Å². The number of nitrogens with zero attached hydrogens (tertiary/aromatic N) is 6. The number of ether oxygens (including phenoxy) is 1. The van der Waals surface area contributed by atoms with Crippen LogP contribution in [-0.2, 0) is 29.6 Å². The number of anilines is 2. The Labute approximate surface area is 314 Å². The van der Waals surface area contributed by atoms with E-state index < -0.39 is 32.2 Å². The summed E-state index contributed by atoms with van der Waals surface area (Å²) in [7, 11) is -7.52. The van der Waals surface area contributed by atoms with E-state index in [1.165, 1.54) is 14.8 Å². The third kappa shape index (κ3) is 7.37. The number of hydrogen-bond donors (Lipinski definition) is 1. The molecule has 1 atom stereocenters. The van der Waals surface area contributed by atoms with E-state index in [2.05, 4.69) is 10.5 Å². The Kier molecular flexibility index (Phi) is 10.2. The van der Waals surface area contributed by atoms with E-state index in [9.17, 15) is 21.6 Å². The van der Waals surface area contributed by atoms with Gasteiger partial charge in [-0.3, -0.25) is 4.79 Å². The smallest absolute Gasteiger partial charge is 0.280 e. The Morgan fingerprint density at radius 1 is 0.685 bits per heavy atom. The number of fused-ring (bicyclic) bond motifs is 2. The second-order valence-electron chi connectivity index (χ2n) is 13.6. The number of rotatable bonds is 9. The lowest BCUT2D eigenvalue weighted by atomic mass is 10.1. The summed E-state index contributed by atoms with van der Waals surface area (Å²) in [4.78, 5) is 32.7. The van der Waals surface area contributed by atoms with Gasteiger partial charge in [-0.15, -0.1) is 0 Å². The largest absolute Gasteiger partial charge is 0.353 e. The molecule has 4 heterocycles. The SMILES string of the molecule is O=C(NOC1CCCCO1)c1cnc(N2CCN(S(=O)(=O)c3ccc4ccccc4c3)CC2)nc1N1CCN(S(=O)(=O)c2ccc3ccccc3c2)CC1. The van der Waals surface area contributed by atoms with Crippen molar-refractivity contribution < 1.29 is 31.2 Å². The summed E-state index contributed by atoms with van der Waals surface area (Å²) in [5, 5.41) is 3.62. The quantitative estimate of drug-likeness (QED) is 0.217. The molecular formula is C38H41N7O7S2. The second kappa shape index (κ2) is 15.2. The van der Waals surface area contributed by atoms with Gasteiger partial charge in [0, 0.05) is 71.6 Å². The minimum atomic E-state index is -3.78. The molecule has 0 aliphatic carbocycles. The molecule has 3 fully saturated rings. The Bertz CT molecular complexity index is 2390. The van der Waals surface area contributed by atoms with Gasteiger partial charge >= 0.3 is 0 Å². The van der Waals surface area contributed by atoms with Crippen LogP contribution in [0.1, 0.15) is 29.6 Å². The molecule has 0 radical (unpaired) electrons. The standard InChI is InChI=1S/C38H41N7O7S2/c46-37(41-52-35-11-5-6-24-51-35)34-27-39-38(43-18-22-45(23-19-43)54(49,50)33-15-13-29-8-2-4-10-31(29)26-33)40-36(34)42-16-20-44(21-17-42)53(47,48)32-14-12-28-7-1-3-9-30(28)25-32/h1-4,7-10,12-15,25-27,35H,5-6,11,16-24H2,(H,41,46). The van der Waals surface area contributed by atoms with E-state index in [1.54, 1.807) is 24.3 Å². The van der Waals surface area contributed by atoms with Crippen molar-refractivity contribution >= 4 is 59.3 Å². The first-order valence-electron chi connectivity index (χ1n) is 18.1. The van der Waals surface area contributed by atoms with Crippen molar-refractivity contribution in [1.29, 1.82) is 0 Å². The summed E-state index contributed by atoms with van der Waals surface area (Å²) in [6.07, 6.45) is 3.39. The summed E-state index contributed by atoms with van der Waals surface area (Å²) in [6.45, 7) is 2.54. The highest BCUT2D eigenvalue weighted by Gasteiger charge is 2.33. The average molecular weight is 772 g/mol. The van der Waals surface area contributed by atoms with Crippen molar-refractivity contribution in [2.24, 2.45) is 0 Å². The highest BCUT2D eigenvalue weighted by molar-refractivity contribution is 7.89. The van der Waals surface area contributed by atoms with Gasteiger partial charge in [-0.1, -0.05) is 60.7 Å². The molecule has 3 aliphatic rings. The zero-order valence-electron chi connectivity index (χ0n) is 29.6. The van der Waals surface area contributed by atoms with E-state index in [1.807, 2.05) is 70.5 Å². The van der Waals surface area contributed by atoms with Gasteiger partial charge in [0.15, 0.2) is 6.29 Å². The van der Waals surface area contributed by atoms with Crippen molar-refractivity contribution in [3.05, 3.63) is 96.7 Å². The molecule has 1 N–H and O–H groups in total. The monoisotopic (exact) mass is 771 g/mol. The molecule has 282 valence electrons. The third-order valence-electron chi connectivity index (χ3n) is 10.2. The van der Waals surface area contributed by atoms with Crippen molar-refractivity contribution in [2.45, 2.75) is 35.3 Å². The molecule has 4 aromatic carbocycles. The third-order valence-corrected chi connectivity index (χ3v) is 14.0. The number of hydrogen-bond acceptors (Lipinski definition) is 11. The molecule has 8 rings (SSSR count). The fourth-order valence-electron chi connectivity index (χ4n) is 7.12. The highest BCUT2D eigenvalue weighted by Crippen LogP contribution is 2.28. The van der Waals surface area contributed by atoms with Crippen LogP contribution in [0, 0.1) is 0 Å². The Morgan fingerprint density at radius 2 is 1.22 bits per heavy atom. The number of benzene rings is 4. The lowest BCUT2D eigenvalue weighted by molar-refractivity contribution is -0.186. The van der Waals surface area contributed by atoms with Gasteiger partial charge in [0.2, 0.25) is 26.0 Å². The summed E-state index contributed by atoms with van der Waals surface area (Å²) < 4.78 is 63.2. The van der Waals surface area contributed by atoms with E-state index in [0.717, 1.165) is 34.4 Å². The molecule has 16 heteroatoms. The lowest BCUT2D eigenvalue weighted by Crippen LogP contribution is -2.50. The number of amides is 1.